The van der Waals surface area contributed by atoms with Crippen molar-refractivity contribution in [1.29, 1.82) is 0 Å². The van der Waals surface area contributed by atoms with E-state index in [2.05, 4.69) is 12.2 Å². The number of unbranched alkanes of at least 4 members (excludes halogenated alkanes) is 1. The smallest absolute Gasteiger partial charge is 0.220 e. The standard InChI is InChI=1S/C11H21NO3/c1-4-5-6-10(13)12-7-9-8-14-11(2,3)15-9/h9H,4-8H2,1-3H3,(H,12,13). The first-order valence-electron chi connectivity index (χ1n) is 5.62. The number of amides is 1. The molecule has 15 heavy (non-hydrogen) atoms. The Hall–Kier alpha value is -0.610. The van der Waals surface area contributed by atoms with Crippen molar-refractivity contribution in [2.24, 2.45) is 0 Å². The lowest BCUT2D eigenvalue weighted by Crippen LogP contribution is -2.34. The van der Waals surface area contributed by atoms with Gasteiger partial charge in [-0.3, -0.25) is 4.79 Å². The second kappa shape index (κ2) is 5.47. The van der Waals surface area contributed by atoms with Gasteiger partial charge < -0.3 is 14.8 Å². The van der Waals surface area contributed by atoms with E-state index >= 15 is 0 Å². The number of hydrogen-bond donors (Lipinski definition) is 1. The van der Waals surface area contributed by atoms with Crippen molar-refractivity contribution in [2.75, 3.05) is 13.2 Å². The third-order valence-corrected chi connectivity index (χ3v) is 2.35. The molecule has 0 spiro atoms. The molecule has 1 heterocycles. The lowest BCUT2D eigenvalue weighted by Gasteiger charge is -2.17. The van der Waals surface area contributed by atoms with Crippen LogP contribution in [-0.4, -0.2) is 30.9 Å². The van der Waals surface area contributed by atoms with Crippen LogP contribution in [0.4, 0.5) is 0 Å². The van der Waals surface area contributed by atoms with Crippen LogP contribution in [0, 0.1) is 0 Å². The average Bonchev–Trinajstić information content (AvgIpc) is 2.52. The summed E-state index contributed by atoms with van der Waals surface area (Å²) < 4.78 is 11.0. The molecule has 0 aromatic heterocycles. The monoisotopic (exact) mass is 215 g/mol. The van der Waals surface area contributed by atoms with E-state index < -0.39 is 5.79 Å². The Labute approximate surface area is 91.3 Å². The summed E-state index contributed by atoms with van der Waals surface area (Å²) >= 11 is 0. The summed E-state index contributed by atoms with van der Waals surface area (Å²) in [4.78, 5) is 11.3. The van der Waals surface area contributed by atoms with Gasteiger partial charge >= 0.3 is 0 Å². The van der Waals surface area contributed by atoms with Gasteiger partial charge in [0.2, 0.25) is 5.91 Å². The third-order valence-electron chi connectivity index (χ3n) is 2.35. The van der Waals surface area contributed by atoms with Gasteiger partial charge in [-0.15, -0.1) is 0 Å². The summed E-state index contributed by atoms with van der Waals surface area (Å²) in [5.41, 5.74) is 0. The molecule has 1 amide bonds. The van der Waals surface area contributed by atoms with Crippen LogP contribution in [0.25, 0.3) is 0 Å². The molecule has 1 unspecified atom stereocenters. The Balaban J connectivity index is 2.13. The highest BCUT2D eigenvalue weighted by molar-refractivity contribution is 5.75. The predicted molar refractivity (Wildman–Crippen MR) is 57.4 cm³/mol. The van der Waals surface area contributed by atoms with Gasteiger partial charge in [-0.05, 0) is 20.3 Å². The summed E-state index contributed by atoms with van der Waals surface area (Å²) in [7, 11) is 0. The van der Waals surface area contributed by atoms with Crippen LogP contribution in [0.1, 0.15) is 40.0 Å². The molecule has 1 saturated heterocycles. The molecule has 0 bridgehead atoms. The van der Waals surface area contributed by atoms with Crippen molar-refractivity contribution >= 4 is 5.91 Å². The van der Waals surface area contributed by atoms with Crippen molar-refractivity contribution in [3.8, 4) is 0 Å². The SMILES string of the molecule is CCCCC(=O)NCC1COC(C)(C)O1. The first-order valence-corrected chi connectivity index (χ1v) is 5.62. The molecule has 0 saturated carbocycles. The third kappa shape index (κ3) is 4.62. The molecule has 1 aliphatic heterocycles. The molecule has 4 heteroatoms. The fraction of sp³-hybridized carbons (Fsp3) is 0.909. The Morgan fingerprint density at radius 2 is 2.27 bits per heavy atom. The van der Waals surface area contributed by atoms with Crippen LogP contribution in [0.5, 0.6) is 0 Å². The first kappa shape index (κ1) is 12.5. The van der Waals surface area contributed by atoms with Gasteiger partial charge in [0.15, 0.2) is 5.79 Å². The summed E-state index contributed by atoms with van der Waals surface area (Å²) in [5, 5.41) is 2.85. The first-order chi connectivity index (χ1) is 7.03. The largest absolute Gasteiger partial charge is 0.353 e. The summed E-state index contributed by atoms with van der Waals surface area (Å²) in [6.45, 7) is 6.94. The van der Waals surface area contributed by atoms with Gasteiger partial charge in [0.05, 0.1) is 6.61 Å². The number of rotatable bonds is 5. The molecule has 0 aliphatic carbocycles. The Morgan fingerprint density at radius 1 is 1.53 bits per heavy atom. The molecule has 1 fully saturated rings. The van der Waals surface area contributed by atoms with E-state index in [-0.39, 0.29) is 12.0 Å². The highest BCUT2D eigenvalue weighted by Crippen LogP contribution is 2.21. The molecule has 4 nitrogen and oxygen atoms in total. The fourth-order valence-corrected chi connectivity index (χ4v) is 1.52. The quantitative estimate of drug-likeness (QED) is 0.755. The molecule has 88 valence electrons. The maximum atomic E-state index is 11.3. The highest BCUT2D eigenvalue weighted by atomic mass is 16.7. The minimum atomic E-state index is -0.501. The molecular weight excluding hydrogens is 194 g/mol. The lowest BCUT2D eigenvalue weighted by atomic mass is 10.2. The molecule has 0 aromatic carbocycles. The predicted octanol–water partition coefficient (Wildman–Crippen LogP) is 1.44. The molecule has 1 atom stereocenters. The second-order valence-electron chi connectivity index (χ2n) is 4.36. The van der Waals surface area contributed by atoms with E-state index in [0.29, 0.717) is 19.6 Å². The van der Waals surface area contributed by atoms with Gasteiger partial charge in [0.25, 0.3) is 0 Å². The fourth-order valence-electron chi connectivity index (χ4n) is 1.52. The van der Waals surface area contributed by atoms with Gasteiger partial charge in [0, 0.05) is 13.0 Å². The van der Waals surface area contributed by atoms with Gasteiger partial charge in [-0.1, -0.05) is 13.3 Å². The maximum Gasteiger partial charge on any atom is 0.220 e. The van der Waals surface area contributed by atoms with E-state index in [1.165, 1.54) is 0 Å². The number of carbonyl (C=O) groups excluding carboxylic acids is 1. The highest BCUT2D eigenvalue weighted by Gasteiger charge is 2.32. The zero-order valence-corrected chi connectivity index (χ0v) is 9.84. The number of nitrogens with one attached hydrogen (secondary N) is 1. The van der Waals surface area contributed by atoms with Crippen molar-refractivity contribution in [3.05, 3.63) is 0 Å². The summed E-state index contributed by atoms with van der Waals surface area (Å²) in [6.07, 6.45) is 2.58. The number of carbonyl (C=O) groups is 1. The Bertz CT molecular complexity index is 216. The van der Waals surface area contributed by atoms with Gasteiger partial charge in [0.1, 0.15) is 6.10 Å². The average molecular weight is 215 g/mol. The van der Waals surface area contributed by atoms with E-state index in [4.69, 9.17) is 9.47 Å². The van der Waals surface area contributed by atoms with E-state index in [9.17, 15) is 4.79 Å². The minimum Gasteiger partial charge on any atom is -0.353 e. The van der Waals surface area contributed by atoms with Crippen LogP contribution < -0.4 is 5.32 Å². The zero-order chi connectivity index (χ0) is 11.3. The van der Waals surface area contributed by atoms with Gasteiger partial charge in [-0.25, -0.2) is 0 Å². The van der Waals surface area contributed by atoms with E-state index in [0.717, 1.165) is 12.8 Å². The van der Waals surface area contributed by atoms with Crippen LogP contribution >= 0.6 is 0 Å². The minimum absolute atomic E-state index is 0.00873. The van der Waals surface area contributed by atoms with E-state index in [1.807, 2.05) is 13.8 Å². The zero-order valence-electron chi connectivity index (χ0n) is 9.84. The molecule has 1 rings (SSSR count). The van der Waals surface area contributed by atoms with Crippen LogP contribution in [0.15, 0.2) is 0 Å². The Morgan fingerprint density at radius 3 is 2.80 bits per heavy atom. The van der Waals surface area contributed by atoms with Crippen molar-refractivity contribution in [1.82, 2.24) is 5.32 Å². The second-order valence-corrected chi connectivity index (χ2v) is 4.36. The topological polar surface area (TPSA) is 47.6 Å². The summed E-state index contributed by atoms with van der Waals surface area (Å²) in [5.74, 6) is -0.399. The van der Waals surface area contributed by atoms with Crippen molar-refractivity contribution in [2.45, 2.75) is 51.9 Å². The van der Waals surface area contributed by atoms with E-state index in [1.54, 1.807) is 0 Å². The normalized spacial score (nSPS) is 24.1. The molecule has 0 radical (unpaired) electrons. The maximum absolute atomic E-state index is 11.3. The van der Waals surface area contributed by atoms with Crippen molar-refractivity contribution < 1.29 is 14.3 Å². The Kier molecular flexibility index (Phi) is 4.54. The number of ether oxygens (including phenoxy) is 2. The molecule has 1 N–H and O–H groups in total. The van der Waals surface area contributed by atoms with Crippen LogP contribution in [0.2, 0.25) is 0 Å². The van der Waals surface area contributed by atoms with Crippen molar-refractivity contribution in [3.63, 3.8) is 0 Å². The molecule has 0 aromatic rings. The number of hydrogen-bond acceptors (Lipinski definition) is 3. The molecule has 1 aliphatic rings. The van der Waals surface area contributed by atoms with Crippen LogP contribution in [-0.2, 0) is 14.3 Å². The molecular formula is C11H21NO3. The van der Waals surface area contributed by atoms with Crippen LogP contribution in [0.3, 0.4) is 0 Å². The summed E-state index contributed by atoms with van der Waals surface area (Å²) in [6, 6.07) is 0. The van der Waals surface area contributed by atoms with Gasteiger partial charge in [-0.2, -0.15) is 0 Å². The lowest BCUT2D eigenvalue weighted by molar-refractivity contribution is -0.139.